The van der Waals surface area contributed by atoms with Crippen LogP contribution in [0.1, 0.15) is 58.2 Å². The van der Waals surface area contributed by atoms with Crippen molar-refractivity contribution in [1.29, 1.82) is 0 Å². The van der Waals surface area contributed by atoms with Gasteiger partial charge in [-0.1, -0.05) is 120 Å². The summed E-state index contributed by atoms with van der Waals surface area (Å²) in [6.07, 6.45) is 2.18. The van der Waals surface area contributed by atoms with E-state index in [0.717, 1.165) is 29.2 Å². The smallest absolute Gasteiger partial charge is 0.140 e. The number of imidazole rings is 1. The summed E-state index contributed by atoms with van der Waals surface area (Å²) in [5.74, 6) is 1.00. The van der Waals surface area contributed by atoms with E-state index in [4.69, 9.17) is 4.98 Å². The molecule has 0 saturated carbocycles. The van der Waals surface area contributed by atoms with E-state index in [9.17, 15) is 0 Å². The van der Waals surface area contributed by atoms with Gasteiger partial charge in [0.2, 0.25) is 0 Å². The molecule has 0 amide bonds. The van der Waals surface area contributed by atoms with Crippen LogP contribution in [0.2, 0.25) is 0 Å². The van der Waals surface area contributed by atoms with Crippen LogP contribution in [-0.4, -0.2) is 9.55 Å². The molecule has 164 valence electrons. The van der Waals surface area contributed by atoms with Gasteiger partial charge in [-0.2, -0.15) is 0 Å². The molecule has 4 aromatic rings. The third-order valence-electron chi connectivity index (χ3n) is 6.03. The van der Waals surface area contributed by atoms with Crippen LogP contribution in [0, 0.1) is 0 Å². The van der Waals surface area contributed by atoms with Gasteiger partial charge >= 0.3 is 0 Å². The first kappa shape index (κ1) is 22.1. The Morgan fingerprint density at radius 1 is 0.625 bits per heavy atom. The number of hydrogen-bond acceptors (Lipinski definition) is 1. The van der Waals surface area contributed by atoms with Crippen molar-refractivity contribution in [3.05, 3.63) is 102 Å². The molecule has 1 aromatic heterocycles. The van der Waals surface area contributed by atoms with Gasteiger partial charge in [0.15, 0.2) is 0 Å². The van der Waals surface area contributed by atoms with Crippen LogP contribution >= 0.6 is 0 Å². The van der Waals surface area contributed by atoms with Gasteiger partial charge in [-0.3, -0.25) is 0 Å². The maximum absolute atomic E-state index is 5.06. The molecule has 2 heteroatoms. The van der Waals surface area contributed by atoms with E-state index in [1.165, 1.54) is 16.7 Å². The SMILES string of the molecule is CC(C)(C)c1ccc(Cn2cc(-c3ccccc3)nc2-c2ccc(C(C)(C)C)cc2)cc1. The molecule has 0 radical (unpaired) electrons. The lowest BCUT2D eigenvalue weighted by Gasteiger charge is -2.20. The van der Waals surface area contributed by atoms with Gasteiger partial charge in [-0.25, -0.2) is 4.98 Å². The van der Waals surface area contributed by atoms with Crippen LogP contribution in [0.4, 0.5) is 0 Å². The minimum absolute atomic E-state index is 0.137. The minimum atomic E-state index is 0.137. The van der Waals surface area contributed by atoms with E-state index in [1.807, 2.05) is 6.07 Å². The highest BCUT2D eigenvalue weighted by molar-refractivity contribution is 5.65. The van der Waals surface area contributed by atoms with Crippen LogP contribution in [0.25, 0.3) is 22.6 Å². The molecule has 0 atom stereocenters. The second-order valence-corrected chi connectivity index (χ2v) is 10.7. The molecule has 1 heterocycles. The summed E-state index contributed by atoms with van der Waals surface area (Å²) < 4.78 is 2.28. The summed E-state index contributed by atoms with van der Waals surface area (Å²) >= 11 is 0. The van der Waals surface area contributed by atoms with Crippen LogP contribution in [-0.2, 0) is 17.4 Å². The second-order valence-electron chi connectivity index (χ2n) is 10.7. The van der Waals surface area contributed by atoms with Crippen molar-refractivity contribution in [2.24, 2.45) is 0 Å². The number of nitrogens with zero attached hydrogens (tertiary/aromatic N) is 2. The van der Waals surface area contributed by atoms with Gasteiger partial charge in [0.05, 0.1) is 5.69 Å². The number of rotatable bonds is 4. The van der Waals surface area contributed by atoms with Crippen molar-refractivity contribution in [1.82, 2.24) is 9.55 Å². The van der Waals surface area contributed by atoms with Crippen LogP contribution in [0.15, 0.2) is 85.1 Å². The fraction of sp³-hybridized carbons (Fsp3) is 0.300. The maximum Gasteiger partial charge on any atom is 0.140 e. The van der Waals surface area contributed by atoms with E-state index in [0.29, 0.717) is 0 Å². The Balaban J connectivity index is 1.73. The third-order valence-corrected chi connectivity index (χ3v) is 6.03. The van der Waals surface area contributed by atoms with Gasteiger partial charge in [-0.15, -0.1) is 0 Å². The lowest BCUT2D eigenvalue weighted by molar-refractivity contribution is 0.589. The van der Waals surface area contributed by atoms with Crippen molar-refractivity contribution in [3.8, 4) is 22.6 Å². The van der Waals surface area contributed by atoms with Crippen LogP contribution in [0.3, 0.4) is 0 Å². The van der Waals surface area contributed by atoms with Gasteiger partial charge < -0.3 is 4.57 Å². The van der Waals surface area contributed by atoms with Crippen LogP contribution < -0.4 is 0 Å². The zero-order chi connectivity index (χ0) is 22.9. The summed E-state index contributed by atoms with van der Waals surface area (Å²) in [4.78, 5) is 5.06. The predicted octanol–water partition coefficient (Wildman–Crippen LogP) is 7.86. The Bertz CT molecular complexity index is 1170. The molecule has 0 N–H and O–H groups in total. The quantitative estimate of drug-likeness (QED) is 0.327. The lowest BCUT2D eigenvalue weighted by Crippen LogP contribution is -2.11. The van der Waals surface area contributed by atoms with Crippen LogP contribution in [0.5, 0.6) is 0 Å². The molecule has 32 heavy (non-hydrogen) atoms. The molecular formula is C30H34N2. The zero-order valence-corrected chi connectivity index (χ0v) is 20.2. The molecule has 0 aliphatic rings. The fourth-order valence-electron chi connectivity index (χ4n) is 3.94. The Kier molecular flexibility index (Phi) is 5.81. The van der Waals surface area contributed by atoms with Crippen molar-refractivity contribution < 1.29 is 0 Å². The standard InChI is InChI=1S/C30H34N2/c1-29(2,3)25-16-12-22(13-17-25)20-32-21-27(23-10-8-7-9-11-23)31-28(32)24-14-18-26(19-15-24)30(4,5)6/h7-19,21H,20H2,1-6H3. The largest absolute Gasteiger partial charge is 0.326 e. The number of benzene rings is 3. The molecule has 0 spiro atoms. The Morgan fingerprint density at radius 3 is 1.69 bits per heavy atom. The van der Waals surface area contributed by atoms with Gasteiger partial charge in [0.25, 0.3) is 0 Å². The summed E-state index contributed by atoms with van der Waals surface area (Å²) in [7, 11) is 0. The minimum Gasteiger partial charge on any atom is -0.326 e. The monoisotopic (exact) mass is 422 g/mol. The summed E-state index contributed by atoms with van der Waals surface area (Å²) in [6, 6.07) is 28.3. The first-order valence-electron chi connectivity index (χ1n) is 11.4. The lowest BCUT2D eigenvalue weighted by atomic mass is 9.86. The van der Waals surface area contributed by atoms with E-state index in [-0.39, 0.29) is 10.8 Å². The highest BCUT2D eigenvalue weighted by Gasteiger charge is 2.17. The molecule has 0 saturated heterocycles. The molecular weight excluding hydrogens is 388 g/mol. The maximum atomic E-state index is 5.06. The first-order chi connectivity index (χ1) is 15.1. The molecule has 0 bridgehead atoms. The third kappa shape index (κ3) is 4.85. The highest BCUT2D eigenvalue weighted by Crippen LogP contribution is 2.29. The molecule has 0 unspecified atom stereocenters. The van der Waals surface area contributed by atoms with Crippen molar-refractivity contribution in [2.45, 2.75) is 58.9 Å². The summed E-state index contributed by atoms with van der Waals surface area (Å²) in [5, 5.41) is 0. The molecule has 2 nitrogen and oxygen atoms in total. The molecule has 0 aliphatic heterocycles. The van der Waals surface area contributed by atoms with Crippen molar-refractivity contribution in [3.63, 3.8) is 0 Å². The summed E-state index contributed by atoms with van der Waals surface area (Å²) in [6.45, 7) is 14.3. The number of aromatic nitrogens is 2. The first-order valence-corrected chi connectivity index (χ1v) is 11.4. The zero-order valence-electron chi connectivity index (χ0n) is 20.2. The Hall–Kier alpha value is -3.13. The Labute approximate surface area is 193 Å². The topological polar surface area (TPSA) is 17.8 Å². The second kappa shape index (κ2) is 8.43. The summed E-state index contributed by atoms with van der Waals surface area (Å²) in [5.41, 5.74) is 7.56. The van der Waals surface area contributed by atoms with Gasteiger partial charge in [0, 0.05) is 23.9 Å². The highest BCUT2D eigenvalue weighted by atomic mass is 15.1. The molecule has 3 aromatic carbocycles. The normalized spacial score (nSPS) is 12.2. The van der Waals surface area contributed by atoms with E-state index >= 15 is 0 Å². The molecule has 0 aliphatic carbocycles. The average molecular weight is 423 g/mol. The van der Waals surface area contributed by atoms with Gasteiger partial charge in [-0.05, 0) is 27.5 Å². The van der Waals surface area contributed by atoms with E-state index in [1.54, 1.807) is 0 Å². The van der Waals surface area contributed by atoms with E-state index in [2.05, 4.69) is 125 Å². The van der Waals surface area contributed by atoms with Crippen molar-refractivity contribution in [2.75, 3.05) is 0 Å². The van der Waals surface area contributed by atoms with Gasteiger partial charge in [0.1, 0.15) is 5.82 Å². The Morgan fingerprint density at radius 2 is 1.16 bits per heavy atom. The number of hydrogen-bond donors (Lipinski definition) is 0. The average Bonchev–Trinajstić information content (AvgIpc) is 3.17. The van der Waals surface area contributed by atoms with E-state index < -0.39 is 0 Å². The molecule has 4 rings (SSSR count). The predicted molar refractivity (Wildman–Crippen MR) is 136 cm³/mol. The molecule has 0 fully saturated rings. The van der Waals surface area contributed by atoms with Crippen molar-refractivity contribution >= 4 is 0 Å². The fourth-order valence-corrected chi connectivity index (χ4v) is 3.94.